The van der Waals surface area contributed by atoms with Crippen LogP contribution in [-0.4, -0.2) is 26.3 Å². The van der Waals surface area contributed by atoms with E-state index in [0.717, 1.165) is 0 Å². The van der Waals surface area contributed by atoms with Gasteiger partial charge in [0, 0.05) is 30.9 Å². The maximum Gasteiger partial charge on any atom is 0.193 e. The van der Waals surface area contributed by atoms with Crippen molar-refractivity contribution in [1.29, 1.82) is 0 Å². The Hall–Kier alpha value is -1.97. The molecule has 0 radical (unpaired) electrons. The van der Waals surface area contributed by atoms with Crippen molar-refractivity contribution in [3.05, 3.63) is 71.8 Å². The van der Waals surface area contributed by atoms with E-state index in [2.05, 4.69) is 6.58 Å². The molecular weight excluding hydrogens is 252 g/mol. The molecule has 0 aromatic heterocycles. The second-order valence-corrected chi connectivity index (χ2v) is 4.07. The fourth-order valence-corrected chi connectivity index (χ4v) is 1.90. The van der Waals surface area contributed by atoms with Gasteiger partial charge >= 0.3 is 0 Å². The van der Waals surface area contributed by atoms with Crippen LogP contribution in [0.15, 0.2) is 66.3 Å². The number of hydrogen-bond donors (Lipinski definition) is 0. The Morgan fingerprint density at radius 3 is 2.25 bits per heavy atom. The molecule has 106 valence electrons. The van der Waals surface area contributed by atoms with Gasteiger partial charge in [-0.3, -0.25) is 4.79 Å². The summed E-state index contributed by atoms with van der Waals surface area (Å²) in [5.74, 6) is -0.0855. The van der Waals surface area contributed by atoms with Gasteiger partial charge in [0.1, 0.15) is 0 Å². The SMILES string of the molecule is C=C/C(=C(\C=C/C)C(=O)c1ccccc1)C(OC)OC. The first-order chi connectivity index (χ1) is 9.69. The highest BCUT2D eigenvalue weighted by atomic mass is 16.7. The highest BCUT2D eigenvalue weighted by molar-refractivity contribution is 6.11. The zero-order valence-electron chi connectivity index (χ0n) is 12.1. The van der Waals surface area contributed by atoms with Crippen molar-refractivity contribution in [2.24, 2.45) is 0 Å². The molecule has 0 heterocycles. The standard InChI is InChI=1S/C17H20O3/c1-5-10-15(14(6-2)17(19-3)20-4)16(18)13-11-8-7-9-12-13/h5-12,17H,2H2,1,3-4H3/b10-5-,15-14-. The summed E-state index contributed by atoms with van der Waals surface area (Å²) >= 11 is 0. The van der Waals surface area contributed by atoms with Gasteiger partial charge in [0.05, 0.1) is 0 Å². The van der Waals surface area contributed by atoms with Crippen molar-refractivity contribution in [3.8, 4) is 0 Å². The van der Waals surface area contributed by atoms with Gasteiger partial charge < -0.3 is 9.47 Å². The molecular formula is C17H20O3. The van der Waals surface area contributed by atoms with E-state index in [-0.39, 0.29) is 5.78 Å². The predicted octanol–water partition coefficient (Wildman–Crippen LogP) is 3.55. The third-order valence-corrected chi connectivity index (χ3v) is 2.83. The lowest BCUT2D eigenvalue weighted by Crippen LogP contribution is -2.19. The molecule has 0 amide bonds. The summed E-state index contributed by atoms with van der Waals surface area (Å²) < 4.78 is 10.5. The van der Waals surface area contributed by atoms with Crippen LogP contribution in [0.5, 0.6) is 0 Å². The first-order valence-electron chi connectivity index (χ1n) is 6.34. The van der Waals surface area contributed by atoms with Gasteiger partial charge in [0.15, 0.2) is 12.1 Å². The smallest absolute Gasteiger partial charge is 0.193 e. The molecule has 0 N–H and O–H groups in total. The zero-order valence-corrected chi connectivity index (χ0v) is 12.1. The molecule has 0 spiro atoms. The van der Waals surface area contributed by atoms with Crippen LogP contribution < -0.4 is 0 Å². The monoisotopic (exact) mass is 272 g/mol. The number of allylic oxidation sites excluding steroid dienone is 3. The maximum atomic E-state index is 12.6. The molecule has 0 aliphatic carbocycles. The van der Waals surface area contributed by atoms with Crippen LogP contribution in [0.2, 0.25) is 0 Å². The Labute approximate surface area is 120 Å². The van der Waals surface area contributed by atoms with E-state index in [4.69, 9.17) is 9.47 Å². The van der Waals surface area contributed by atoms with Crippen molar-refractivity contribution >= 4 is 5.78 Å². The number of carbonyl (C=O) groups excluding carboxylic acids is 1. The summed E-state index contributed by atoms with van der Waals surface area (Å²) in [6.45, 7) is 5.61. The van der Waals surface area contributed by atoms with E-state index >= 15 is 0 Å². The lowest BCUT2D eigenvalue weighted by molar-refractivity contribution is -0.0728. The molecule has 0 aliphatic heterocycles. The Morgan fingerprint density at radius 2 is 1.80 bits per heavy atom. The van der Waals surface area contributed by atoms with Crippen molar-refractivity contribution in [2.75, 3.05) is 14.2 Å². The number of Topliss-reactive ketones (excluding diaryl/α,β-unsaturated/α-hetero) is 1. The summed E-state index contributed by atoms with van der Waals surface area (Å²) in [6, 6.07) is 9.09. The first-order valence-corrected chi connectivity index (χ1v) is 6.34. The molecule has 0 unspecified atom stereocenters. The van der Waals surface area contributed by atoms with Crippen molar-refractivity contribution in [3.63, 3.8) is 0 Å². The number of ketones is 1. The van der Waals surface area contributed by atoms with Crippen LogP contribution in [0, 0.1) is 0 Å². The van der Waals surface area contributed by atoms with Gasteiger partial charge in [-0.25, -0.2) is 0 Å². The number of carbonyl (C=O) groups is 1. The van der Waals surface area contributed by atoms with Crippen LogP contribution in [0.3, 0.4) is 0 Å². The number of ether oxygens (including phenoxy) is 2. The minimum atomic E-state index is -0.619. The predicted molar refractivity (Wildman–Crippen MR) is 80.6 cm³/mol. The van der Waals surface area contributed by atoms with Crippen molar-refractivity contribution < 1.29 is 14.3 Å². The summed E-state index contributed by atoms with van der Waals surface area (Å²) in [7, 11) is 3.05. The van der Waals surface area contributed by atoms with Gasteiger partial charge in [0.2, 0.25) is 0 Å². The fraction of sp³-hybridized carbons (Fsp3) is 0.235. The highest BCUT2D eigenvalue weighted by Crippen LogP contribution is 2.20. The largest absolute Gasteiger partial charge is 0.352 e. The number of methoxy groups -OCH3 is 2. The lowest BCUT2D eigenvalue weighted by Gasteiger charge is -2.17. The van der Waals surface area contributed by atoms with Gasteiger partial charge in [-0.15, -0.1) is 0 Å². The van der Waals surface area contributed by atoms with Crippen LogP contribution in [0.1, 0.15) is 17.3 Å². The molecule has 1 rings (SSSR count). The number of hydrogen-bond acceptors (Lipinski definition) is 3. The summed E-state index contributed by atoms with van der Waals surface area (Å²) in [5, 5.41) is 0. The second-order valence-electron chi connectivity index (χ2n) is 4.07. The average Bonchev–Trinajstić information content (AvgIpc) is 2.51. The lowest BCUT2D eigenvalue weighted by atomic mass is 9.97. The highest BCUT2D eigenvalue weighted by Gasteiger charge is 2.19. The van der Waals surface area contributed by atoms with E-state index in [1.165, 1.54) is 14.2 Å². The molecule has 0 saturated carbocycles. The Kier molecular flexibility index (Phi) is 6.64. The molecule has 0 bridgehead atoms. The van der Waals surface area contributed by atoms with Crippen LogP contribution in [0.4, 0.5) is 0 Å². The summed E-state index contributed by atoms with van der Waals surface area (Å²) in [5.41, 5.74) is 1.75. The topological polar surface area (TPSA) is 35.5 Å². The molecule has 0 aliphatic rings. The van der Waals surface area contributed by atoms with Gasteiger partial charge in [-0.1, -0.05) is 55.1 Å². The third-order valence-electron chi connectivity index (χ3n) is 2.83. The molecule has 20 heavy (non-hydrogen) atoms. The molecule has 1 aromatic carbocycles. The summed E-state index contributed by atoms with van der Waals surface area (Å²) in [6.07, 6.45) is 4.53. The van der Waals surface area contributed by atoms with Crippen LogP contribution >= 0.6 is 0 Å². The first kappa shape index (κ1) is 16.1. The Morgan fingerprint density at radius 1 is 1.20 bits per heavy atom. The van der Waals surface area contributed by atoms with Gasteiger partial charge in [-0.05, 0) is 6.92 Å². The minimum absolute atomic E-state index is 0.0855. The maximum absolute atomic E-state index is 12.6. The molecule has 0 atom stereocenters. The quantitative estimate of drug-likeness (QED) is 0.329. The number of benzene rings is 1. The third kappa shape index (κ3) is 3.76. The summed E-state index contributed by atoms with van der Waals surface area (Å²) in [4.78, 5) is 12.6. The van der Waals surface area contributed by atoms with Crippen LogP contribution in [0.25, 0.3) is 0 Å². The Balaban J connectivity index is 3.34. The fourth-order valence-electron chi connectivity index (χ4n) is 1.90. The number of rotatable bonds is 7. The van der Waals surface area contributed by atoms with E-state index in [1.807, 2.05) is 31.2 Å². The Bertz CT molecular complexity index is 508. The normalized spacial score (nSPS) is 12.6. The second kappa shape index (κ2) is 8.25. The molecule has 0 saturated heterocycles. The van der Waals surface area contributed by atoms with Crippen molar-refractivity contribution in [2.45, 2.75) is 13.2 Å². The van der Waals surface area contributed by atoms with Gasteiger partial charge in [-0.2, -0.15) is 0 Å². The van der Waals surface area contributed by atoms with Crippen molar-refractivity contribution in [1.82, 2.24) is 0 Å². The van der Waals surface area contributed by atoms with Crippen LogP contribution in [-0.2, 0) is 9.47 Å². The molecule has 3 heteroatoms. The average molecular weight is 272 g/mol. The van der Waals surface area contributed by atoms with Gasteiger partial charge in [0.25, 0.3) is 0 Å². The van der Waals surface area contributed by atoms with E-state index in [1.54, 1.807) is 24.3 Å². The van der Waals surface area contributed by atoms with E-state index in [0.29, 0.717) is 16.7 Å². The van der Waals surface area contributed by atoms with E-state index in [9.17, 15) is 4.79 Å². The minimum Gasteiger partial charge on any atom is -0.352 e. The molecule has 1 aromatic rings. The zero-order chi connectivity index (χ0) is 15.0. The molecule has 3 nitrogen and oxygen atoms in total. The van der Waals surface area contributed by atoms with E-state index < -0.39 is 6.29 Å². The molecule has 0 fully saturated rings.